The second kappa shape index (κ2) is 12.7. The first-order valence-electron chi connectivity index (χ1n) is 12.7. The molecule has 0 saturated carbocycles. The topological polar surface area (TPSA) is 161 Å². The average molecular weight is 570 g/mol. The third-order valence-electron chi connectivity index (χ3n) is 6.05. The molecule has 3 amide bonds. The van der Waals surface area contributed by atoms with Gasteiger partial charge in [-0.25, -0.2) is 14.5 Å². The highest BCUT2D eigenvalue weighted by molar-refractivity contribution is 6.06. The predicted octanol–water partition coefficient (Wildman–Crippen LogP) is 3.93. The average Bonchev–Trinajstić information content (AvgIpc) is 3.36. The normalized spacial score (nSPS) is 10.7. The Morgan fingerprint density at radius 2 is 1.76 bits per heavy atom. The van der Waals surface area contributed by atoms with Gasteiger partial charge in [-0.05, 0) is 66.2 Å². The second-order valence-electron chi connectivity index (χ2n) is 8.95. The number of H-pyrrole nitrogens is 1. The fourth-order valence-electron chi connectivity index (χ4n) is 4.16. The number of benzene rings is 2. The van der Waals surface area contributed by atoms with Gasteiger partial charge in [0.15, 0.2) is 0 Å². The summed E-state index contributed by atoms with van der Waals surface area (Å²) >= 11 is 0. The van der Waals surface area contributed by atoms with E-state index in [0.29, 0.717) is 39.6 Å². The van der Waals surface area contributed by atoms with Gasteiger partial charge in [0.05, 0.1) is 18.5 Å². The molecule has 2 aromatic carbocycles. The van der Waals surface area contributed by atoms with Crippen molar-refractivity contribution >= 4 is 40.2 Å². The minimum atomic E-state index is -0.560. The second-order valence-corrected chi connectivity index (χ2v) is 8.95. The molecule has 0 aliphatic rings. The summed E-state index contributed by atoms with van der Waals surface area (Å²) in [5.74, 6) is 1.47. The fraction of sp³-hybridized carbons (Fsp3) is 0.138. The lowest BCUT2D eigenvalue weighted by Crippen LogP contribution is -2.21. The minimum absolute atomic E-state index is 0.0774. The predicted molar refractivity (Wildman–Crippen MR) is 156 cm³/mol. The van der Waals surface area contributed by atoms with Gasteiger partial charge in [-0.2, -0.15) is 0 Å². The first-order chi connectivity index (χ1) is 20.4. The van der Waals surface area contributed by atoms with Crippen LogP contribution in [0.3, 0.4) is 0 Å². The number of pyridine rings is 2. The highest BCUT2D eigenvalue weighted by atomic mass is 16.5. The van der Waals surface area contributed by atoms with E-state index in [1.807, 2.05) is 6.07 Å². The number of carbonyl (C=O) groups is 2. The van der Waals surface area contributed by atoms with Crippen molar-refractivity contribution in [3.05, 3.63) is 95.0 Å². The van der Waals surface area contributed by atoms with Gasteiger partial charge in [-0.3, -0.25) is 25.0 Å². The Balaban J connectivity index is 1.30. The molecule has 0 aliphatic carbocycles. The van der Waals surface area contributed by atoms with Crippen LogP contribution in [0, 0.1) is 0 Å². The number of nitrogens with zero attached hydrogens (tertiary/aromatic N) is 3. The molecule has 3 heterocycles. The zero-order chi connectivity index (χ0) is 29.5. The Morgan fingerprint density at radius 1 is 0.929 bits per heavy atom. The van der Waals surface area contributed by atoms with Crippen molar-refractivity contribution in [2.24, 2.45) is 0 Å². The van der Waals surface area contributed by atoms with Crippen molar-refractivity contribution in [1.82, 2.24) is 19.7 Å². The van der Waals surface area contributed by atoms with Gasteiger partial charge in [-0.1, -0.05) is 0 Å². The SMILES string of the molecule is COCC(=O)Nc1cc(COc2ccc(NC(=O)Nc3cc(=O)[nH]n3-c3ccc(OC)cc3)c3cccnc23)ccn1. The minimum Gasteiger partial charge on any atom is -0.497 e. The van der Waals surface area contributed by atoms with Crippen LogP contribution in [0.15, 0.2) is 83.9 Å². The van der Waals surface area contributed by atoms with Gasteiger partial charge in [0.25, 0.3) is 11.5 Å². The number of rotatable bonds is 10. The number of nitrogens with one attached hydrogen (secondary N) is 4. The molecule has 0 saturated heterocycles. The number of methoxy groups -OCH3 is 2. The van der Waals surface area contributed by atoms with E-state index in [1.54, 1.807) is 74.1 Å². The van der Waals surface area contributed by atoms with Crippen molar-refractivity contribution in [2.45, 2.75) is 6.61 Å². The van der Waals surface area contributed by atoms with E-state index in [9.17, 15) is 14.4 Å². The molecular weight excluding hydrogens is 542 g/mol. The van der Waals surface area contributed by atoms with Crippen molar-refractivity contribution in [2.75, 3.05) is 36.8 Å². The quantitative estimate of drug-likeness (QED) is 0.197. The molecule has 5 aromatic rings. The van der Waals surface area contributed by atoms with Crippen LogP contribution < -0.4 is 31.0 Å². The van der Waals surface area contributed by atoms with Crippen molar-refractivity contribution in [3.8, 4) is 17.2 Å². The number of hydrogen-bond acceptors (Lipinski definition) is 8. The monoisotopic (exact) mass is 569 g/mol. The number of amides is 3. The number of carbonyl (C=O) groups excluding carboxylic acids is 2. The first kappa shape index (κ1) is 27.9. The van der Waals surface area contributed by atoms with Crippen LogP contribution in [0.4, 0.5) is 22.1 Å². The Hall–Kier alpha value is -5.69. The smallest absolute Gasteiger partial charge is 0.324 e. The number of ether oxygens (including phenoxy) is 3. The van der Waals surface area contributed by atoms with Crippen LogP contribution in [-0.4, -0.2) is 52.5 Å². The molecule has 0 radical (unpaired) electrons. The third kappa shape index (κ3) is 6.54. The van der Waals surface area contributed by atoms with E-state index in [4.69, 9.17) is 14.2 Å². The van der Waals surface area contributed by atoms with Crippen molar-refractivity contribution < 1.29 is 23.8 Å². The number of urea groups is 1. The van der Waals surface area contributed by atoms with Crippen LogP contribution in [0.5, 0.6) is 11.5 Å². The molecule has 0 fully saturated rings. The zero-order valence-electron chi connectivity index (χ0n) is 22.7. The third-order valence-corrected chi connectivity index (χ3v) is 6.05. The summed E-state index contributed by atoms with van der Waals surface area (Å²) in [5, 5.41) is 11.5. The summed E-state index contributed by atoms with van der Waals surface area (Å²) in [5.41, 5.74) is 2.05. The van der Waals surface area contributed by atoms with Gasteiger partial charge in [0, 0.05) is 31.0 Å². The summed E-state index contributed by atoms with van der Waals surface area (Å²) < 4.78 is 17.5. The van der Waals surface area contributed by atoms with Crippen LogP contribution in [0.1, 0.15) is 5.56 Å². The van der Waals surface area contributed by atoms with Crippen LogP contribution in [0.2, 0.25) is 0 Å². The van der Waals surface area contributed by atoms with Crippen molar-refractivity contribution in [3.63, 3.8) is 0 Å². The molecule has 0 unspecified atom stereocenters. The molecule has 13 nitrogen and oxygen atoms in total. The molecule has 0 atom stereocenters. The largest absolute Gasteiger partial charge is 0.497 e. The van der Waals surface area contributed by atoms with E-state index in [-0.39, 0.29) is 30.5 Å². The molecule has 0 bridgehead atoms. The lowest BCUT2D eigenvalue weighted by atomic mass is 10.1. The first-order valence-corrected chi connectivity index (χ1v) is 12.7. The molecule has 3 aromatic heterocycles. The van der Waals surface area contributed by atoms with E-state index in [2.05, 4.69) is 31.0 Å². The number of aromatic nitrogens is 4. The summed E-state index contributed by atoms with van der Waals surface area (Å²) in [6.07, 6.45) is 3.20. The standard InChI is InChI=1S/C29H27N7O6/c1-40-17-27(38)33-24-14-18(11-13-30-24)16-42-23-10-9-22(21-4-3-12-31-28(21)23)32-29(39)34-25-15-26(37)35-36(25)19-5-7-20(41-2)8-6-19/h3-15H,16-17H2,1-2H3,(H,35,37)(H,30,33,38)(H2,32,34,39). The number of hydrogen-bond donors (Lipinski definition) is 4. The van der Waals surface area contributed by atoms with E-state index >= 15 is 0 Å². The highest BCUT2D eigenvalue weighted by Gasteiger charge is 2.14. The Labute approximate surface area is 239 Å². The maximum absolute atomic E-state index is 13.0. The molecule has 0 aliphatic heterocycles. The molecule has 13 heteroatoms. The fourth-order valence-corrected chi connectivity index (χ4v) is 4.16. The number of anilines is 3. The Kier molecular flexibility index (Phi) is 8.40. The summed E-state index contributed by atoms with van der Waals surface area (Å²) in [6.45, 7) is 0.108. The van der Waals surface area contributed by atoms with Gasteiger partial charge in [0.1, 0.15) is 41.9 Å². The molecule has 0 spiro atoms. The van der Waals surface area contributed by atoms with Crippen LogP contribution >= 0.6 is 0 Å². The number of aromatic amines is 1. The lowest BCUT2D eigenvalue weighted by Gasteiger charge is -2.14. The summed E-state index contributed by atoms with van der Waals surface area (Å²) in [6, 6.07) is 18.2. The summed E-state index contributed by atoms with van der Waals surface area (Å²) in [7, 11) is 3.00. The molecule has 42 heavy (non-hydrogen) atoms. The molecule has 214 valence electrons. The van der Waals surface area contributed by atoms with E-state index < -0.39 is 6.03 Å². The van der Waals surface area contributed by atoms with Gasteiger partial charge in [-0.15, -0.1) is 0 Å². The van der Waals surface area contributed by atoms with E-state index in [1.165, 1.54) is 17.9 Å². The molecular formula is C29H27N7O6. The van der Waals surface area contributed by atoms with Gasteiger partial charge < -0.3 is 24.8 Å². The van der Waals surface area contributed by atoms with Gasteiger partial charge in [0.2, 0.25) is 0 Å². The van der Waals surface area contributed by atoms with Crippen LogP contribution in [-0.2, 0) is 16.1 Å². The van der Waals surface area contributed by atoms with E-state index in [0.717, 1.165) is 5.56 Å². The molecule has 5 rings (SSSR count). The lowest BCUT2D eigenvalue weighted by molar-refractivity contribution is -0.119. The Morgan fingerprint density at radius 3 is 2.55 bits per heavy atom. The molecule has 4 N–H and O–H groups in total. The Bertz CT molecular complexity index is 1780. The van der Waals surface area contributed by atoms with Crippen LogP contribution in [0.25, 0.3) is 16.6 Å². The highest BCUT2D eigenvalue weighted by Crippen LogP contribution is 2.31. The van der Waals surface area contributed by atoms with Gasteiger partial charge >= 0.3 is 6.03 Å². The summed E-state index contributed by atoms with van der Waals surface area (Å²) in [4.78, 5) is 45.5. The maximum Gasteiger partial charge on any atom is 0.324 e. The maximum atomic E-state index is 13.0. The zero-order valence-corrected chi connectivity index (χ0v) is 22.7. The number of fused-ring (bicyclic) bond motifs is 1. The van der Waals surface area contributed by atoms with Crippen molar-refractivity contribution in [1.29, 1.82) is 0 Å².